The van der Waals surface area contributed by atoms with Crippen molar-refractivity contribution in [3.05, 3.63) is 18.2 Å². The van der Waals surface area contributed by atoms with Crippen LogP contribution in [0.3, 0.4) is 0 Å². The van der Waals surface area contributed by atoms with E-state index in [1.54, 1.807) is 7.11 Å². The van der Waals surface area contributed by atoms with Gasteiger partial charge in [-0.2, -0.15) is 0 Å². The highest BCUT2D eigenvalue weighted by atomic mass is 35.5. The van der Waals surface area contributed by atoms with E-state index < -0.39 is 0 Å². The van der Waals surface area contributed by atoms with E-state index in [1.807, 2.05) is 12.5 Å². The fraction of sp³-hybridized carbons (Fsp3) is 0.727. The van der Waals surface area contributed by atoms with Crippen LogP contribution >= 0.6 is 11.6 Å². The highest BCUT2D eigenvalue weighted by Crippen LogP contribution is 2.51. The molecule has 0 radical (unpaired) electrons. The van der Waals surface area contributed by atoms with Crippen molar-refractivity contribution in [3.63, 3.8) is 0 Å². The molecule has 1 aromatic heterocycles. The first-order valence-corrected chi connectivity index (χ1v) is 5.74. The zero-order valence-corrected chi connectivity index (χ0v) is 10.2. The summed E-state index contributed by atoms with van der Waals surface area (Å²) in [5.41, 5.74) is 1.25. The fourth-order valence-corrected chi connectivity index (χ4v) is 2.66. The molecule has 0 aromatic carbocycles. The number of ether oxygens (including phenoxy) is 1. The number of rotatable bonds is 3. The average molecular weight is 229 g/mol. The first kappa shape index (κ1) is 11.0. The normalized spacial score (nSPS) is 28.8. The van der Waals surface area contributed by atoms with Crippen LogP contribution in [0.15, 0.2) is 12.5 Å². The first-order valence-electron chi connectivity index (χ1n) is 5.20. The summed E-state index contributed by atoms with van der Waals surface area (Å²) in [6, 6.07) is 0.457. The van der Waals surface area contributed by atoms with Crippen LogP contribution in [0, 0.1) is 5.41 Å². The molecule has 1 aromatic rings. The second kappa shape index (κ2) is 3.80. The molecule has 2 unspecified atom stereocenters. The quantitative estimate of drug-likeness (QED) is 0.744. The summed E-state index contributed by atoms with van der Waals surface area (Å²) < 4.78 is 7.62. The van der Waals surface area contributed by atoms with Crippen LogP contribution < -0.4 is 0 Å². The minimum atomic E-state index is 0.163. The molecule has 84 valence electrons. The molecule has 2 rings (SSSR count). The van der Waals surface area contributed by atoms with Gasteiger partial charge in [-0.25, -0.2) is 4.98 Å². The Bertz CT molecular complexity index is 348. The molecule has 4 heteroatoms. The van der Waals surface area contributed by atoms with Gasteiger partial charge in [-0.1, -0.05) is 13.8 Å². The van der Waals surface area contributed by atoms with Gasteiger partial charge in [0, 0.05) is 24.8 Å². The van der Waals surface area contributed by atoms with Crippen molar-refractivity contribution in [1.29, 1.82) is 0 Å². The van der Waals surface area contributed by atoms with Crippen LogP contribution in [0.1, 0.15) is 32.0 Å². The monoisotopic (exact) mass is 228 g/mol. The van der Waals surface area contributed by atoms with Crippen molar-refractivity contribution < 1.29 is 4.74 Å². The minimum absolute atomic E-state index is 0.163. The predicted molar refractivity (Wildman–Crippen MR) is 60.0 cm³/mol. The maximum atomic E-state index is 5.87. The van der Waals surface area contributed by atoms with E-state index in [0.29, 0.717) is 18.0 Å². The van der Waals surface area contributed by atoms with Crippen LogP contribution in [0.5, 0.6) is 0 Å². The molecule has 0 bridgehead atoms. The number of imidazole rings is 1. The molecule has 15 heavy (non-hydrogen) atoms. The molecule has 0 spiro atoms. The van der Waals surface area contributed by atoms with E-state index >= 15 is 0 Å². The molecule has 1 aliphatic carbocycles. The van der Waals surface area contributed by atoms with Crippen molar-refractivity contribution in [2.75, 3.05) is 7.11 Å². The zero-order valence-electron chi connectivity index (χ0n) is 9.40. The average Bonchev–Trinajstić information content (AvgIpc) is 2.64. The van der Waals surface area contributed by atoms with Gasteiger partial charge >= 0.3 is 0 Å². The predicted octanol–water partition coefficient (Wildman–Crippen LogP) is 2.61. The molecular weight excluding hydrogens is 212 g/mol. The molecule has 1 saturated carbocycles. The largest absolute Gasteiger partial charge is 0.381 e. The molecule has 1 heterocycles. The second-order valence-corrected chi connectivity index (χ2v) is 4.99. The number of alkyl halides is 1. The van der Waals surface area contributed by atoms with Gasteiger partial charge in [0.1, 0.15) is 0 Å². The summed E-state index contributed by atoms with van der Waals surface area (Å²) in [6.07, 6.45) is 5.09. The van der Waals surface area contributed by atoms with Crippen LogP contribution in [0.4, 0.5) is 0 Å². The van der Waals surface area contributed by atoms with Gasteiger partial charge in [0.15, 0.2) is 0 Å². The number of methoxy groups -OCH3 is 1. The summed E-state index contributed by atoms with van der Waals surface area (Å²) in [5.74, 6) is 0.518. The van der Waals surface area contributed by atoms with Crippen LogP contribution in [0.2, 0.25) is 0 Å². The van der Waals surface area contributed by atoms with Crippen molar-refractivity contribution >= 4 is 11.6 Å². The SMILES string of the molecule is COC1CC(n2cncc2CCl)C1(C)C. The molecule has 1 aliphatic rings. The third kappa shape index (κ3) is 1.58. The van der Waals surface area contributed by atoms with Gasteiger partial charge in [-0.3, -0.25) is 0 Å². The number of halogens is 1. The molecule has 0 aliphatic heterocycles. The van der Waals surface area contributed by atoms with Crippen molar-refractivity contribution in [2.45, 2.75) is 38.3 Å². The molecule has 3 nitrogen and oxygen atoms in total. The van der Waals surface area contributed by atoms with Gasteiger partial charge in [-0.05, 0) is 6.42 Å². The highest BCUT2D eigenvalue weighted by Gasteiger charge is 2.49. The highest BCUT2D eigenvalue weighted by molar-refractivity contribution is 6.16. The Labute approximate surface area is 95.4 Å². The fourth-order valence-electron chi connectivity index (χ4n) is 2.45. The van der Waals surface area contributed by atoms with Gasteiger partial charge < -0.3 is 9.30 Å². The Balaban J connectivity index is 2.21. The number of hydrogen-bond donors (Lipinski definition) is 0. The van der Waals surface area contributed by atoms with Gasteiger partial charge in [0.2, 0.25) is 0 Å². The van der Waals surface area contributed by atoms with Gasteiger partial charge in [0.25, 0.3) is 0 Å². The van der Waals surface area contributed by atoms with Gasteiger partial charge in [-0.15, -0.1) is 11.6 Å². The van der Waals surface area contributed by atoms with Crippen LogP contribution in [-0.4, -0.2) is 22.8 Å². The maximum absolute atomic E-state index is 5.87. The van der Waals surface area contributed by atoms with E-state index in [1.165, 1.54) is 0 Å². The lowest BCUT2D eigenvalue weighted by atomic mass is 9.64. The molecule has 0 saturated heterocycles. The number of hydrogen-bond acceptors (Lipinski definition) is 2. The second-order valence-electron chi connectivity index (χ2n) is 4.72. The summed E-state index contributed by atoms with van der Waals surface area (Å²) in [5, 5.41) is 0. The van der Waals surface area contributed by atoms with Gasteiger partial charge in [0.05, 0.1) is 24.0 Å². The third-order valence-electron chi connectivity index (χ3n) is 3.63. The molecular formula is C11H17ClN2O. The van der Waals surface area contributed by atoms with E-state index in [-0.39, 0.29) is 5.41 Å². The Morgan fingerprint density at radius 1 is 1.67 bits per heavy atom. The number of nitrogens with zero attached hydrogens (tertiary/aromatic N) is 2. The van der Waals surface area contributed by atoms with E-state index in [0.717, 1.165) is 12.1 Å². The van der Waals surface area contributed by atoms with Crippen LogP contribution in [0.25, 0.3) is 0 Å². The zero-order chi connectivity index (χ0) is 11.1. The van der Waals surface area contributed by atoms with E-state index in [2.05, 4.69) is 23.4 Å². The van der Waals surface area contributed by atoms with E-state index in [9.17, 15) is 0 Å². The minimum Gasteiger partial charge on any atom is -0.381 e. The molecule has 0 N–H and O–H groups in total. The molecule has 0 amide bonds. The Kier molecular flexibility index (Phi) is 2.77. The maximum Gasteiger partial charge on any atom is 0.0951 e. The Morgan fingerprint density at radius 2 is 2.40 bits per heavy atom. The number of aromatic nitrogens is 2. The molecule has 1 fully saturated rings. The lowest BCUT2D eigenvalue weighted by Gasteiger charge is -2.51. The Morgan fingerprint density at radius 3 is 2.93 bits per heavy atom. The van der Waals surface area contributed by atoms with Crippen molar-refractivity contribution in [1.82, 2.24) is 9.55 Å². The Hall–Kier alpha value is -0.540. The summed E-state index contributed by atoms with van der Waals surface area (Å²) in [7, 11) is 1.78. The van der Waals surface area contributed by atoms with Crippen molar-refractivity contribution in [3.8, 4) is 0 Å². The topological polar surface area (TPSA) is 27.1 Å². The smallest absolute Gasteiger partial charge is 0.0951 e. The summed E-state index contributed by atoms with van der Waals surface area (Å²) in [4.78, 5) is 4.15. The summed E-state index contributed by atoms with van der Waals surface area (Å²) >= 11 is 5.87. The standard InChI is InChI=1S/C11H17ClN2O/c1-11(2)9(4-10(11)15-3)14-7-13-6-8(14)5-12/h6-7,9-10H,4-5H2,1-3H3. The van der Waals surface area contributed by atoms with Crippen molar-refractivity contribution in [2.24, 2.45) is 5.41 Å². The van der Waals surface area contributed by atoms with E-state index in [4.69, 9.17) is 16.3 Å². The third-order valence-corrected chi connectivity index (χ3v) is 3.90. The first-order chi connectivity index (χ1) is 7.11. The molecule has 2 atom stereocenters. The van der Waals surface area contributed by atoms with Crippen LogP contribution in [-0.2, 0) is 10.6 Å². The lowest BCUT2D eigenvalue weighted by Crippen LogP contribution is -2.51. The summed E-state index contributed by atoms with van der Waals surface area (Å²) in [6.45, 7) is 4.46. The lowest BCUT2D eigenvalue weighted by molar-refractivity contribution is -0.113.